The fourth-order valence-electron chi connectivity index (χ4n) is 2.63. The molecule has 7 heteroatoms. The van der Waals surface area contributed by atoms with Gasteiger partial charge in [-0.15, -0.1) is 0 Å². The Labute approximate surface area is 144 Å². The van der Waals surface area contributed by atoms with Crippen LogP contribution in [0.4, 0.5) is 0 Å². The van der Waals surface area contributed by atoms with E-state index < -0.39 is 0 Å². The SMILES string of the molecule is O=C(/C=C/c1ccco1)NC1CCC(Oc2ncc(Cl)cn2)CC1. The van der Waals surface area contributed by atoms with Gasteiger partial charge in [-0.2, -0.15) is 0 Å². The highest BCUT2D eigenvalue weighted by Gasteiger charge is 2.23. The van der Waals surface area contributed by atoms with Crippen molar-refractivity contribution in [2.75, 3.05) is 0 Å². The monoisotopic (exact) mass is 347 g/mol. The lowest BCUT2D eigenvalue weighted by Crippen LogP contribution is -2.39. The van der Waals surface area contributed by atoms with E-state index in [0.717, 1.165) is 25.7 Å². The van der Waals surface area contributed by atoms with Crippen LogP contribution in [0.1, 0.15) is 31.4 Å². The van der Waals surface area contributed by atoms with Gasteiger partial charge in [0.15, 0.2) is 0 Å². The Kier molecular flexibility index (Phi) is 5.48. The molecule has 1 aliphatic rings. The quantitative estimate of drug-likeness (QED) is 0.840. The fourth-order valence-corrected chi connectivity index (χ4v) is 2.73. The molecule has 1 fully saturated rings. The first kappa shape index (κ1) is 16.5. The lowest BCUT2D eigenvalue weighted by molar-refractivity contribution is -0.117. The zero-order valence-electron chi connectivity index (χ0n) is 13.0. The summed E-state index contributed by atoms with van der Waals surface area (Å²) in [4.78, 5) is 20.0. The van der Waals surface area contributed by atoms with Crippen molar-refractivity contribution in [3.63, 3.8) is 0 Å². The smallest absolute Gasteiger partial charge is 0.316 e. The minimum absolute atomic E-state index is 0.0676. The summed E-state index contributed by atoms with van der Waals surface area (Å²) in [5, 5.41) is 3.48. The maximum Gasteiger partial charge on any atom is 0.316 e. The van der Waals surface area contributed by atoms with Crippen LogP contribution in [0.25, 0.3) is 6.08 Å². The Bertz CT molecular complexity index is 678. The minimum atomic E-state index is -0.114. The van der Waals surface area contributed by atoms with E-state index in [0.29, 0.717) is 16.8 Å². The second kappa shape index (κ2) is 7.97. The third-order valence-corrected chi connectivity index (χ3v) is 4.03. The molecular formula is C17H18ClN3O3. The van der Waals surface area contributed by atoms with Crippen LogP contribution >= 0.6 is 11.6 Å². The van der Waals surface area contributed by atoms with Crippen LogP contribution in [0.3, 0.4) is 0 Å². The van der Waals surface area contributed by atoms with E-state index in [-0.39, 0.29) is 18.1 Å². The van der Waals surface area contributed by atoms with Crippen molar-refractivity contribution in [3.05, 3.63) is 47.6 Å². The molecular weight excluding hydrogens is 330 g/mol. The molecule has 2 heterocycles. The predicted octanol–water partition coefficient (Wildman–Crippen LogP) is 3.24. The highest BCUT2D eigenvalue weighted by atomic mass is 35.5. The third-order valence-electron chi connectivity index (χ3n) is 3.83. The largest absolute Gasteiger partial charge is 0.465 e. The molecule has 2 aromatic rings. The molecule has 0 atom stereocenters. The molecule has 0 aromatic carbocycles. The van der Waals surface area contributed by atoms with Gasteiger partial charge in [-0.05, 0) is 43.9 Å². The molecule has 3 rings (SSSR count). The molecule has 0 radical (unpaired) electrons. The number of carbonyl (C=O) groups excluding carboxylic acids is 1. The van der Waals surface area contributed by atoms with Gasteiger partial charge in [-0.1, -0.05) is 11.6 Å². The van der Waals surface area contributed by atoms with Gasteiger partial charge in [0.25, 0.3) is 0 Å². The molecule has 0 unspecified atom stereocenters. The van der Waals surface area contributed by atoms with E-state index in [1.807, 2.05) is 0 Å². The van der Waals surface area contributed by atoms with Crippen LogP contribution < -0.4 is 10.1 Å². The number of hydrogen-bond donors (Lipinski definition) is 1. The highest BCUT2D eigenvalue weighted by molar-refractivity contribution is 6.30. The standard InChI is InChI=1S/C17H18ClN3O3/c18-12-10-19-17(20-11-12)24-15-5-3-13(4-6-15)21-16(22)8-7-14-2-1-9-23-14/h1-2,7-11,13,15H,3-6H2,(H,21,22)/b8-7+. The number of nitrogens with zero attached hydrogens (tertiary/aromatic N) is 2. The zero-order chi connectivity index (χ0) is 16.8. The number of ether oxygens (including phenoxy) is 1. The molecule has 0 aliphatic heterocycles. The Balaban J connectivity index is 1.41. The molecule has 0 spiro atoms. The summed E-state index contributed by atoms with van der Waals surface area (Å²) < 4.78 is 10.9. The molecule has 1 amide bonds. The molecule has 126 valence electrons. The zero-order valence-corrected chi connectivity index (χ0v) is 13.8. The first-order valence-corrected chi connectivity index (χ1v) is 8.23. The van der Waals surface area contributed by atoms with Gasteiger partial charge >= 0.3 is 6.01 Å². The summed E-state index contributed by atoms with van der Waals surface area (Å²) in [5.41, 5.74) is 0. The van der Waals surface area contributed by atoms with Gasteiger partial charge in [0.05, 0.1) is 23.7 Å². The van der Waals surface area contributed by atoms with Crippen molar-refractivity contribution >= 4 is 23.6 Å². The number of carbonyl (C=O) groups is 1. The average Bonchev–Trinajstić information content (AvgIpc) is 3.10. The van der Waals surface area contributed by atoms with Crippen LogP contribution in [0, 0.1) is 0 Å². The minimum Gasteiger partial charge on any atom is -0.465 e. The van der Waals surface area contributed by atoms with E-state index in [4.69, 9.17) is 20.8 Å². The van der Waals surface area contributed by atoms with Gasteiger partial charge in [0, 0.05) is 12.1 Å². The molecule has 1 aliphatic carbocycles. The lowest BCUT2D eigenvalue weighted by Gasteiger charge is -2.28. The van der Waals surface area contributed by atoms with E-state index in [1.54, 1.807) is 24.5 Å². The maximum atomic E-state index is 11.9. The van der Waals surface area contributed by atoms with Crippen molar-refractivity contribution in [1.82, 2.24) is 15.3 Å². The summed E-state index contributed by atoms with van der Waals surface area (Å²) in [6, 6.07) is 4.08. The molecule has 24 heavy (non-hydrogen) atoms. The summed E-state index contributed by atoms with van der Waals surface area (Å²) in [6.07, 6.45) is 11.2. The number of rotatable bonds is 5. The molecule has 2 aromatic heterocycles. The lowest BCUT2D eigenvalue weighted by atomic mass is 9.93. The second-order valence-corrected chi connectivity index (χ2v) is 6.07. The van der Waals surface area contributed by atoms with Crippen molar-refractivity contribution < 1.29 is 13.9 Å². The van der Waals surface area contributed by atoms with Crippen molar-refractivity contribution in [3.8, 4) is 6.01 Å². The number of halogens is 1. The van der Waals surface area contributed by atoms with Gasteiger partial charge < -0.3 is 14.5 Å². The predicted molar refractivity (Wildman–Crippen MR) is 89.6 cm³/mol. The van der Waals surface area contributed by atoms with Crippen LogP contribution in [0.2, 0.25) is 5.02 Å². The van der Waals surface area contributed by atoms with Crippen molar-refractivity contribution in [1.29, 1.82) is 0 Å². The Morgan fingerprint density at radius 1 is 1.29 bits per heavy atom. The third kappa shape index (κ3) is 4.83. The van der Waals surface area contributed by atoms with Gasteiger partial charge in [0.1, 0.15) is 11.9 Å². The number of furan rings is 1. The Hall–Kier alpha value is -2.34. The molecule has 1 N–H and O–H groups in total. The highest BCUT2D eigenvalue weighted by Crippen LogP contribution is 2.22. The van der Waals surface area contributed by atoms with E-state index in [9.17, 15) is 4.79 Å². The number of aromatic nitrogens is 2. The Morgan fingerprint density at radius 2 is 2.04 bits per heavy atom. The molecule has 1 saturated carbocycles. The second-order valence-electron chi connectivity index (χ2n) is 5.63. The van der Waals surface area contributed by atoms with Gasteiger partial charge in [-0.25, -0.2) is 9.97 Å². The van der Waals surface area contributed by atoms with Crippen molar-refractivity contribution in [2.24, 2.45) is 0 Å². The molecule has 6 nitrogen and oxygen atoms in total. The fraction of sp³-hybridized carbons (Fsp3) is 0.353. The van der Waals surface area contributed by atoms with Crippen molar-refractivity contribution in [2.45, 2.75) is 37.8 Å². The number of hydrogen-bond acceptors (Lipinski definition) is 5. The normalized spacial score (nSPS) is 20.9. The van der Waals surface area contributed by atoms with Gasteiger partial charge in [0.2, 0.25) is 5.91 Å². The topological polar surface area (TPSA) is 77.2 Å². The molecule has 0 bridgehead atoms. The van der Waals surface area contributed by atoms with Crippen LogP contribution in [-0.2, 0) is 4.79 Å². The van der Waals surface area contributed by atoms with Crippen LogP contribution in [-0.4, -0.2) is 28.0 Å². The molecule has 0 saturated heterocycles. The summed E-state index contributed by atoms with van der Waals surface area (Å²) in [7, 11) is 0. The summed E-state index contributed by atoms with van der Waals surface area (Å²) >= 11 is 5.75. The number of amides is 1. The summed E-state index contributed by atoms with van der Waals surface area (Å²) in [5.74, 6) is 0.544. The summed E-state index contributed by atoms with van der Waals surface area (Å²) in [6.45, 7) is 0. The van der Waals surface area contributed by atoms with E-state index >= 15 is 0 Å². The Morgan fingerprint density at radius 3 is 2.71 bits per heavy atom. The average molecular weight is 348 g/mol. The van der Waals surface area contributed by atoms with Gasteiger partial charge in [-0.3, -0.25) is 4.79 Å². The maximum absolute atomic E-state index is 11.9. The van der Waals surface area contributed by atoms with Crippen LogP contribution in [0.5, 0.6) is 6.01 Å². The van der Waals surface area contributed by atoms with E-state index in [2.05, 4.69) is 15.3 Å². The van der Waals surface area contributed by atoms with E-state index in [1.165, 1.54) is 18.5 Å². The first-order valence-electron chi connectivity index (χ1n) is 7.85. The first-order chi connectivity index (χ1) is 11.7. The van der Waals surface area contributed by atoms with Crippen LogP contribution in [0.15, 0.2) is 41.3 Å². The number of nitrogens with one attached hydrogen (secondary N) is 1.